The van der Waals surface area contributed by atoms with Gasteiger partial charge in [0.05, 0.1) is 0 Å². The van der Waals surface area contributed by atoms with Gasteiger partial charge in [-0.15, -0.1) is 0 Å². The van der Waals surface area contributed by atoms with E-state index in [0.29, 0.717) is 5.56 Å². The average molecular weight is 223 g/mol. The highest BCUT2D eigenvalue weighted by Gasteiger charge is 2.47. The van der Waals surface area contributed by atoms with Gasteiger partial charge in [0.1, 0.15) is 5.82 Å². The Morgan fingerprint density at radius 3 is 2.69 bits per heavy atom. The van der Waals surface area contributed by atoms with Crippen molar-refractivity contribution >= 4 is 5.78 Å². The van der Waals surface area contributed by atoms with Gasteiger partial charge >= 0.3 is 0 Å². The van der Waals surface area contributed by atoms with Crippen molar-refractivity contribution in [3.63, 3.8) is 0 Å². The van der Waals surface area contributed by atoms with E-state index in [4.69, 9.17) is 10.5 Å². The molecule has 0 spiro atoms. The molecule has 0 amide bonds. The third-order valence-electron chi connectivity index (χ3n) is 2.57. The molecule has 0 aliphatic carbocycles. The highest BCUT2D eigenvalue weighted by Crippen LogP contribution is 2.36. The second-order valence-electron chi connectivity index (χ2n) is 3.69. The van der Waals surface area contributed by atoms with E-state index < -0.39 is 23.0 Å². The van der Waals surface area contributed by atoms with Crippen molar-refractivity contribution in [1.82, 2.24) is 0 Å². The van der Waals surface area contributed by atoms with Gasteiger partial charge in [0.25, 0.3) is 5.78 Å². The molecule has 4 nitrogen and oxygen atoms in total. The van der Waals surface area contributed by atoms with Crippen LogP contribution in [0.1, 0.15) is 12.5 Å². The first kappa shape index (κ1) is 10.5. The number of ketones is 1. The largest absolute Gasteiger partial charge is 0.501 e. The normalized spacial score (nSPS) is 24.8. The number of rotatable bonds is 1. The predicted molar refractivity (Wildman–Crippen MR) is 53.7 cm³/mol. The summed E-state index contributed by atoms with van der Waals surface area (Å²) in [5.41, 5.74) is 4.17. The smallest absolute Gasteiger partial charge is 0.250 e. The van der Waals surface area contributed by atoms with Crippen molar-refractivity contribution in [3.8, 4) is 0 Å². The fourth-order valence-corrected chi connectivity index (χ4v) is 1.63. The molecule has 1 unspecified atom stereocenters. The molecule has 3 N–H and O–H groups in total. The Hall–Kier alpha value is -2.04. The van der Waals surface area contributed by atoms with Crippen LogP contribution in [0.5, 0.6) is 0 Å². The van der Waals surface area contributed by atoms with Crippen LogP contribution in [0, 0.1) is 5.82 Å². The molecule has 1 aliphatic rings. The van der Waals surface area contributed by atoms with Gasteiger partial charge in [-0.1, -0.05) is 12.1 Å². The number of nitrogens with two attached hydrogens (primary N) is 1. The zero-order chi connectivity index (χ0) is 11.9. The second-order valence-corrected chi connectivity index (χ2v) is 3.69. The number of Topliss-reactive ketones (excluding diaryl/α,β-unsaturated/α-hetero) is 1. The van der Waals surface area contributed by atoms with Crippen LogP contribution < -0.4 is 5.73 Å². The summed E-state index contributed by atoms with van der Waals surface area (Å²) in [5, 5.41) is 9.32. The van der Waals surface area contributed by atoms with E-state index in [1.165, 1.54) is 31.2 Å². The maximum atomic E-state index is 13.0. The van der Waals surface area contributed by atoms with Crippen molar-refractivity contribution < 1.29 is 19.0 Å². The summed E-state index contributed by atoms with van der Waals surface area (Å²) in [6.45, 7) is 1.43. The number of hydrogen-bond acceptors (Lipinski definition) is 4. The standard InChI is InChI=1S/C11H10FNO3/c1-11(6-3-2-4-7(12)5-6)9(15)8(14)10(13)16-11/h2-5,14H,13H2,1H3. The van der Waals surface area contributed by atoms with Gasteiger partial charge in [0.15, 0.2) is 5.60 Å². The second kappa shape index (κ2) is 3.23. The molecule has 1 atom stereocenters. The molecule has 0 bridgehead atoms. The molecule has 1 aromatic rings. The number of benzene rings is 1. The topological polar surface area (TPSA) is 72.6 Å². The molecule has 1 aromatic carbocycles. The first-order valence-corrected chi connectivity index (χ1v) is 4.64. The van der Waals surface area contributed by atoms with E-state index in [-0.39, 0.29) is 5.88 Å². The van der Waals surface area contributed by atoms with Gasteiger partial charge in [-0.05, 0) is 19.1 Å². The van der Waals surface area contributed by atoms with Crippen LogP contribution >= 0.6 is 0 Å². The lowest BCUT2D eigenvalue weighted by Crippen LogP contribution is -2.31. The molecule has 0 saturated carbocycles. The first-order valence-electron chi connectivity index (χ1n) is 4.64. The molecule has 1 heterocycles. The van der Waals surface area contributed by atoms with Crippen LogP contribution in [-0.2, 0) is 15.1 Å². The Bertz CT molecular complexity index is 498. The Kier molecular flexibility index (Phi) is 2.11. The molecule has 0 saturated heterocycles. The minimum Gasteiger partial charge on any atom is -0.501 e. The van der Waals surface area contributed by atoms with Gasteiger partial charge < -0.3 is 15.6 Å². The van der Waals surface area contributed by atoms with Gasteiger partial charge in [-0.2, -0.15) is 0 Å². The van der Waals surface area contributed by atoms with Gasteiger partial charge in [-0.25, -0.2) is 4.39 Å². The Morgan fingerprint density at radius 1 is 1.50 bits per heavy atom. The number of hydrogen-bond donors (Lipinski definition) is 2. The van der Waals surface area contributed by atoms with Gasteiger partial charge in [0, 0.05) is 5.56 Å². The lowest BCUT2D eigenvalue weighted by Gasteiger charge is -2.22. The van der Waals surface area contributed by atoms with E-state index in [0.717, 1.165) is 0 Å². The minimum absolute atomic E-state index is 0.310. The van der Waals surface area contributed by atoms with E-state index in [1.807, 2.05) is 0 Å². The SMILES string of the molecule is CC1(c2cccc(F)c2)OC(N)=C(O)C1=O. The number of carbonyl (C=O) groups is 1. The van der Waals surface area contributed by atoms with Crippen LogP contribution in [0.15, 0.2) is 35.9 Å². The van der Waals surface area contributed by atoms with Crippen LogP contribution in [-0.4, -0.2) is 10.9 Å². The minimum atomic E-state index is -1.45. The third-order valence-corrected chi connectivity index (χ3v) is 2.57. The summed E-state index contributed by atoms with van der Waals surface area (Å²) < 4.78 is 18.1. The number of aliphatic hydroxyl groups excluding tert-OH is 1. The highest BCUT2D eigenvalue weighted by atomic mass is 19.1. The zero-order valence-electron chi connectivity index (χ0n) is 8.53. The summed E-state index contributed by atoms with van der Waals surface area (Å²) in [6, 6.07) is 5.41. The molecule has 84 valence electrons. The molecule has 0 radical (unpaired) electrons. The van der Waals surface area contributed by atoms with Crippen molar-refractivity contribution in [2.75, 3.05) is 0 Å². The summed E-state index contributed by atoms with van der Waals surface area (Å²) in [6.07, 6.45) is 0. The van der Waals surface area contributed by atoms with Crippen molar-refractivity contribution in [1.29, 1.82) is 0 Å². The number of halogens is 1. The van der Waals surface area contributed by atoms with Crippen molar-refractivity contribution in [2.24, 2.45) is 5.73 Å². The zero-order valence-corrected chi connectivity index (χ0v) is 8.53. The number of ether oxygens (including phenoxy) is 1. The molecular formula is C11H10FNO3. The number of aliphatic hydroxyl groups is 1. The summed E-state index contributed by atoms with van der Waals surface area (Å²) in [4.78, 5) is 11.7. The monoisotopic (exact) mass is 223 g/mol. The Balaban J connectivity index is 2.47. The maximum Gasteiger partial charge on any atom is 0.250 e. The molecular weight excluding hydrogens is 213 g/mol. The van der Waals surface area contributed by atoms with E-state index in [9.17, 15) is 14.3 Å². The lowest BCUT2D eigenvalue weighted by molar-refractivity contribution is -0.131. The molecule has 0 aromatic heterocycles. The third kappa shape index (κ3) is 1.32. The maximum absolute atomic E-state index is 13.0. The molecule has 2 rings (SSSR count). The fourth-order valence-electron chi connectivity index (χ4n) is 1.63. The quantitative estimate of drug-likeness (QED) is 0.753. The van der Waals surface area contributed by atoms with Crippen LogP contribution in [0.3, 0.4) is 0 Å². The van der Waals surface area contributed by atoms with Crippen molar-refractivity contribution in [3.05, 3.63) is 47.3 Å². The van der Waals surface area contributed by atoms with Crippen LogP contribution in [0.4, 0.5) is 4.39 Å². The van der Waals surface area contributed by atoms with E-state index >= 15 is 0 Å². The van der Waals surface area contributed by atoms with Crippen molar-refractivity contribution in [2.45, 2.75) is 12.5 Å². The van der Waals surface area contributed by atoms with E-state index in [1.54, 1.807) is 0 Å². The Labute approximate surface area is 91.1 Å². The Morgan fingerprint density at radius 2 is 2.19 bits per heavy atom. The van der Waals surface area contributed by atoms with Crippen LogP contribution in [0.2, 0.25) is 0 Å². The molecule has 16 heavy (non-hydrogen) atoms. The number of carbonyl (C=O) groups excluding carboxylic acids is 1. The fraction of sp³-hybridized carbons (Fsp3) is 0.182. The summed E-state index contributed by atoms with van der Waals surface area (Å²) in [7, 11) is 0. The molecule has 0 fully saturated rings. The predicted octanol–water partition coefficient (Wildman–Crippen LogP) is 1.33. The average Bonchev–Trinajstić information content (AvgIpc) is 2.44. The summed E-state index contributed by atoms with van der Waals surface area (Å²) >= 11 is 0. The first-order chi connectivity index (χ1) is 7.45. The van der Waals surface area contributed by atoms with Gasteiger partial charge in [0.2, 0.25) is 11.6 Å². The van der Waals surface area contributed by atoms with Crippen LogP contribution in [0.25, 0.3) is 0 Å². The van der Waals surface area contributed by atoms with Gasteiger partial charge in [-0.3, -0.25) is 4.79 Å². The van der Waals surface area contributed by atoms with E-state index in [2.05, 4.69) is 0 Å². The highest BCUT2D eigenvalue weighted by molar-refractivity contribution is 6.02. The summed E-state index contributed by atoms with van der Waals surface area (Å²) in [5.74, 6) is -2.11. The molecule has 1 aliphatic heterocycles. The molecule has 5 heteroatoms. The lowest BCUT2D eigenvalue weighted by atomic mass is 9.91.